The van der Waals surface area contributed by atoms with Crippen molar-refractivity contribution in [3.63, 3.8) is 0 Å². The van der Waals surface area contributed by atoms with Gasteiger partial charge >= 0.3 is 0 Å². The van der Waals surface area contributed by atoms with Gasteiger partial charge in [-0.1, -0.05) is 6.07 Å². The van der Waals surface area contributed by atoms with Crippen LogP contribution in [0.5, 0.6) is 0 Å². The minimum Gasteiger partial charge on any atom is -0.292 e. The van der Waals surface area contributed by atoms with Gasteiger partial charge in [0.2, 0.25) is 0 Å². The second kappa shape index (κ2) is 2.51. The second-order valence-electron chi connectivity index (χ2n) is 2.24. The summed E-state index contributed by atoms with van der Waals surface area (Å²) in [7, 11) is -0.731. The Kier molecular flexibility index (Phi) is 1.51. The molecule has 56 valence electrons. The lowest BCUT2D eigenvalue weighted by Crippen LogP contribution is -1.83. The number of fused-ring (bicyclic) bond motifs is 1. The normalized spacial score (nSPS) is 23.1. The summed E-state index contributed by atoms with van der Waals surface area (Å²) in [6.07, 6.45) is 3.69. The van der Waals surface area contributed by atoms with Crippen molar-refractivity contribution in [1.82, 2.24) is 4.98 Å². The van der Waals surface area contributed by atoms with Crippen LogP contribution in [0.25, 0.3) is 6.08 Å². The first kappa shape index (κ1) is 6.61. The molecule has 0 fully saturated rings. The van der Waals surface area contributed by atoms with E-state index in [0.29, 0.717) is 0 Å². The maximum Gasteiger partial charge on any atom is 0.165 e. The highest BCUT2D eigenvalue weighted by molar-refractivity contribution is 8.30. The third-order valence-electron chi connectivity index (χ3n) is 1.59. The quantitative estimate of drug-likeness (QED) is 0.506. The van der Waals surface area contributed by atoms with Gasteiger partial charge in [0.05, 0.1) is 5.03 Å². The molecule has 0 aliphatic carbocycles. The fourth-order valence-electron chi connectivity index (χ4n) is 1.07. The topological polar surface area (TPSA) is 30.0 Å². The van der Waals surface area contributed by atoms with Crippen LogP contribution in [0, 0.1) is 0 Å². The summed E-state index contributed by atoms with van der Waals surface area (Å²) in [5, 5.41) is 2.87. The number of carbonyl (C=O) groups excluding carboxylic acids is 1. The average Bonchev–Trinajstić information content (AvgIpc) is 2.47. The zero-order chi connectivity index (χ0) is 7.68. The number of nitrogens with zero attached hydrogens (tertiary/aromatic N) is 1. The monoisotopic (exact) mass is 165 g/mol. The first-order valence-corrected chi connectivity index (χ1v) is 4.76. The van der Waals surface area contributed by atoms with E-state index < -0.39 is 10.9 Å². The molecule has 0 radical (unpaired) electrons. The van der Waals surface area contributed by atoms with E-state index in [0.717, 1.165) is 16.2 Å². The van der Waals surface area contributed by atoms with Crippen molar-refractivity contribution in [2.75, 3.05) is 0 Å². The molecule has 0 bridgehead atoms. The molecule has 2 nitrogen and oxygen atoms in total. The maximum atomic E-state index is 10.5. The molecule has 0 spiro atoms. The van der Waals surface area contributed by atoms with Gasteiger partial charge in [-0.25, -0.2) is 0 Å². The van der Waals surface area contributed by atoms with Crippen molar-refractivity contribution < 1.29 is 4.79 Å². The van der Waals surface area contributed by atoms with Gasteiger partial charge in [-0.05, 0) is 17.6 Å². The van der Waals surface area contributed by atoms with E-state index in [1.54, 1.807) is 6.20 Å². The summed E-state index contributed by atoms with van der Waals surface area (Å²) in [5.74, 6) is 0. The Hall–Kier alpha value is -1.09. The molecule has 1 aromatic heterocycles. The Balaban J connectivity index is 2.53. The number of aromatic nitrogens is 1. The van der Waals surface area contributed by atoms with Crippen LogP contribution in [-0.4, -0.2) is 10.6 Å². The van der Waals surface area contributed by atoms with E-state index in [1.807, 2.05) is 23.6 Å². The van der Waals surface area contributed by atoms with E-state index in [1.165, 1.54) is 0 Å². The predicted molar refractivity (Wildman–Crippen MR) is 47.3 cm³/mol. The van der Waals surface area contributed by atoms with Crippen molar-refractivity contribution in [3.8, 4) is 0 Å². The van der Waals surface area contributed by atoms with Crippen molar-refractivity contribution in [3.05, 3.63) is 29.3 Å². The van der Waals surface area contributed by atoms with Gasteiger partial charge in [0.1, 0.15) is 0 Å². The molecule has 11 heavy (non-hydrogen) atoms. The van der Waals surface area contributed by atoms with Crippen LogP contribution in [0.15, 0.2) is 28.8 Å². The summed E-state index contributed by atoms with van der Waals surface area (Å²) in [4.78, 5) is 14.7. The van der Waals surface area contributed by atoms with Crippen LogP contribution in [0.3, 0.4) is 0 Å². The Labute approximate surface area is 67.3 Å². The van der Waals surface area contributed by atoms with Crippen molar-refractivity contribution in [1.29, 1.82) is 0 Å². The van der Waals surface area contributed by atoms with Gasteiger partial charge < -0.3 is 0 Å². The van der Waals surface area contributed by atoms with Gasteiger partial charge in [0, 0.05) is 11.8 Å². The Bertz CT molecular complexity index is 322. The fraction of sp³-hybridized carbons (Fsp3) is 0. The highest BCUT2D eigenvalue weighted by Crippen LogP contribution is 2.41. The van der Waals surface area contributed by atoms with E-state index in [9.17, 15) is 4.79 Å². The van der Waals surface area contributed by atoms with Crippen molar-refractivity contribution >= 4 is 22.6 Å². The Morgan fingerprint density at radius 3 is 3.27 bits per heavy atom. The molecule has 1 aromatic rings. The predicted octanol–water partition coefficient (Wildman–Crippen LogP) is 1.62. The Morgan fingerprint density at radius 1 is 1.55 bits per heavy atom. The number of thiol groups is 1. The summed E-state index contributed by atoms with van der Waals surface area (Å²) >= 11 is 0. The molecule has 0 amide bonds. The first-order chi connectivity index (χ1) is 5.42. The van der Waals surface area contributed by atoms with Gasteiger partial charge in [-0.15, -0.1) is 10.9 Å². The number of carbonyl (C=O) groups is 1. The van der Waals surface area contributed by atoms with E-state index in [4.69, 9.17) is 0 Å². The van der Waals surface area contributed by atoms with Gasteiger partial charge in [-0.3, -0.25) is 9.78 Å². The molecular formula is C8H7NOS. The lowest BCUT2D eigenvalue weighted by molar-refractivity contribution is 0.569. The lowest BCUT2D eigenvalue weighted by atomic mass is 10.3. The maximum absolute atomic E-state index is 10.5. The van der Waals surface area contributed by atoms with E-state index in [-0.39, 0.29) is 0 Å². The van der Waals surface area contributed by atoms with Crippen LogP contribution >= 0.6 is 10.9 Å². The standard InChI is InChI=1S/C8H7NOS/c10-6-11-5-3-7-2-1-4-9-8(7)11/h1-6,11H. The van der Waals surface area contributed by atoms with Crippen LogP contribution < -0.4 is 0 Å². The van der Waals surface area contributed by atoms with Gasteiger partial charge in [-0.2, -0.15) is 0 Å². The first-order valence-electron chi connectivity index (χ1n) is 3.28. The number of hydrogen-bond donors (Lipinski definition) is 1. The van der Waals surface area contributed by atoms with Crippen LogP contribution in [0.4, 0.5) is 0 Å². The summed E-state index contributed by atoms with van der Waals surface area (Å²) in [6, 6.07) is 3.86. The summed E-state index contributed by atoms with van der Waals surface area (Å²) in [6.45, 7) is 0. The van der Waals surface area contributed by atoms with Gasteiger partial charge in [0.25, 0.3) is 0 Å². The lowest BCUT2D eigenvalue weighted by Gasteiger charge is -2.03. The SMILES string of the molecule is O=C[SH]1C=Cc2cccnc21. The van der Waals surface area contributed by atoms with Crippen LogP contribution in [0.2, 0.25) is 0 Å². The number of pyridine rings is 1. The van der Waals surface area contributed by atoms with Crippen LogP contribution in [0.1, 0.15) is 5.56 Å². The smallest absolute Gasteiger partial charge is 0.165 e. The average molecular weight is 165 g/mol. The zero-order valence-electron chi connectivity index (χ0n) is 5.77. The van der Waals surface area contributed by atoms with Crippen molar-refractivity contribution in [2.45, 2.75) is 5.03 Å². The third kappa shape index (κ3) is 0.973. The Morgan fingerprint density at radius 2 is 2.45 bits per heavy atom. The van der Waals surface area contributed by atoms with Crippen LogP contribution in [-0.2, 0) is 4.79 Å². The number of rotatable bonds is 1. The minimum absolute atomic E-state index is 0.731. The molecule has 0 aromatic carbocycles. The van der Waals surface area contributed by atoms with Gasteiger partial charge in [0.15, 0.2) is 5.62 Å². The number of hydrogen-bond acceptors (Lipinski definition) is 2. The molecule has 1 unspecified atom stereocenters. The molecule has 1 atom stereocenters. The van der Waals surface area contributed by atoms with Crippen molar-refractivity contribution in [2.24, 2.45) is 0 Å². The molecule has 0 saturated carbocycles. The van der Waals surface area contributed by atoms with E-state index >= 15 is 0 Å². The molecule has 1 aliphatic heterocycles. The molecule has 0 saturated heterocycles. The molecular weight excluding hydrogens is 158 g/mol. The third-order valence-corrected chi connectivity index (χ3v) is 3.15. The zero-order valence-corrected chi connectivity index (χ0v) is 6.66. The molecule has 0 N–H and O–H groups in total. The molecule has 2 rings (SSSR count). The largest absolute Gasteiger partial charge is 0.292 e. The highest BCUT2D eigenvalue weighted by Gasteiger charge is 2.12. The highest BCUT2D eigenvalue weighted by atomic mass is 32.2. The molecule has 3 heteroatoms. The fourth-order valence-corrected chi connectivity index (χ4v) is 2.35. The molecule has 1 aliphatic rings. The summed E-state index contributed by atoms with van der Waals surface area (Å²) in [5.41, 5.74) is 2.07. The second-order valence-corrected chi connectivity index (χ2v) is 3.99. The minimum atomic E-state index is -0.731. The summed E-state index contributed by atoms with van der Waals surface area (Å²) < 4.78 is 0. The molecule has 2 heterocycles. The van der Waals surface area contributed by atoms with E-state index in [2.05, 4.69) is 4.98 Å².